The van der Waals surface area contributed by atoms with E-state index in [0.717, 1.165) is 17.8 Å². The fourth-order valence-corrected chi connectivity index (χ4v) is 2.79. The first-order valence-corrected chi connectivity index (χ1v) is 5.65. The van der Waals surface area contributed by atoms with Gasteiger partial charge in [-0.25, -0.2) is 0 Å². The molecule has 0 spiro atoms. The third-order valence-corrected chi connectivity index (χ3v) is 3.58. The summed E-state index contributed by atoms with van der Waals surface area (Å²) in [5, 5.41) is 4.26. The Morgan fingerprint density at radius 1 is 1.36 bits per heavy atom. The van der Waals surface area contributed by atoms with E-state index in [0.29, 0.717) is 0 Å². The zero-order valence-corrected chi connectivity index (χ0v) is 9.40. The lowest BCUT2D eigenvalue weighted by molar-refractivity contribution is 0.262. The van der Waals surface area contributed by atoms with Crippen LogP contribution in [-0.4, -0.2) is 9.78 Å². The smallest absolute Gasteiger partial charge is 0.0524 e. The van der Waals surface area contributed by atoms with E-state index in [2.05, 4.69) is 25.1 Å². The van der Waals surface area contributed by atoms with Crippen molar-refractivity contribution in [3.8, 4) is 0 Å². The van der Waals surface area contributed by atoms with Gasteiger partial charge in [-0.15, -0.1) is 0 Å². The molecule has 3 atom stereocenters. The number of rotatable bonds is 1. The van der Waals surface area contributed by atoms with Gasteiger partial charge in [0.15, 0.2) is 0 Å². The molecule has 3 unspecified atom stereocenters. The summed E-state index contributed by atoms with van der Waals surface area (Å²) in [7, 11) is 2.00. The van der Waals surface area contributed by atoms with Gasteiger partial charge in [0.05, 0.1) is 6.20 Å². The van der Waals surface area contributed by atoms with Gasteiger partial charge in [0, 0.05) is 13.2 Å². The second-order valence-corrected chi connectivity index (χ2v) is 4.95. The molecule has 1 aliphatic carbocycles. The quantitative estimate of drug-likeness (QED) is 0.669. The van der Waals surface area contributed by atoms with Crippen molar-refractivity contribution in [2.75, 3.05) is 0 Å². The van der Waals surface area contributed by atoms with Crippen molar-refractivity contribution in [2.24, 2.45) is 18.9 Å². The van der Waals surface area contributed by atoms with E-state index < -0.39 is 0 Å². The molecule has 1 aromatic heterocycles. The van der Waals surface area contributed by atoms with Crippen LogP contribution < -0.4 is 0 Å². The minimum absolute atomic E-state index is 0.750. The topological polar surface area (TPSA) is 17.8 Å². The van der Waals surface area contributed by atoms with Gasteiger partial charge in [-0.3, -0.25) is 4.68 Å². The lowest BCUT2D eigenvalue weighted by atomic mass is 9.73. The summed E-state index contributed by atoms with van der Waals surface area (Å²) in [6.07, 6.45) is 8.31. The monoisotopic (exact) mass is 192 g/mol. The molecule has 1 aliphatic rings. The van der Waals surface area contributed by atoms with Crippen LogP contribution in [0.3, 0.4) is 0 Å². The maximum atomic E-state index is 4.26. The van der Waals surface area contributed by atoms with Crippen molar-refractivity contribution in [1.82, 2.24) is 9.78 Å². The van der Waals surface area contributed by atoms with Gasteiger partial charge < -0.3 is 0 Å². The molecule has 1 saturated carbocycles. The van der Waals surface area contributed by atoms with E-state index in [9.17, 15) is 0 Å². The Morgan fingerprint density at radius 2 is 2.14 bits per heavy atom. The van der Waals surface area contributed by atoms with Gasteiger partial charge >= 0.3 is 0 Å². The van der Waals surface area contributed by atoms with Crippen molar-refractivity contribution >= 4 is 0 Å². The Kier molecular flexibility index (Phi) is 2.62. The molecule has 0 aromatic carbocycles. The highest BCUT2D eigenvalue weighted by Gasteiger charge is 2.27. The molecular formula is C12H20N2. The minimum atomic E-state index is 0.750. The Hall–Kier alpha value is -0.790. The largest absolute Gasteiger partial charge is 0.276 e. The minimum Gasteiger partial charge on any atom is -0.276 e. The van der Waals surface area contributed by atoms with Gasteiger partial charge in [-0.1, -0.05) is 20.3 Å². The molecule has 1 aromatic rings. The molecule has 2 heteroatoms. The summed E-state index contributed by atoms with van der Waals surface area (Å²) in [6, 6.07) is 0. The molecule has 0 amide bonds. The highest BCUT2D eigenvalue weighted by Crippen LogP contribution is 2.39. The molecule has 0 radical (unpaired) electrons. The summed E-state index contributed by atoms with van der Waals surface area (Å²) >= 11 is 0. The highest BCUT2D eigenvalue weighted by molar-refractivity contribution is 5.13. The van der Waals surface area contributed by atoms with E-state index in [1.165, 1.54) is 24.8 Å². The van der Waals surface area contributed by atoms with Crippen LogP contribution >= 0.6 is 0 Å². The molecule has 14 heavy (non-hydrogen) atoms. The van der Waals surface area contributed by atoms with Crippen molar-refractivity contribution in [3.63, 3.8) is 0 Å². The van der Waals surface area contributed by atoms with E-state index in [4.69, 9.17) is 0 Å². The van der Waals surface area contributed by atoms with E-state index >= 15 is 0 Å². The first-order valence-electron chi connectivity index (χ1n) is 5.65. The lowest BCUT2D eigenvalue weighted by Gasteiger charge is -2.31. The molecule has 2 rings (SSSR count). The Labute approximate surface area is 86.3 Å². The van der Waals surface area contributed by atoms with Gasteiger partial charge in [0.2, 0.25) is 0 Å². The SMILES string of the molecule is CC1CCC(c2cnn(C)c2)C(C)C1. The molecule has 0 saturated heterocycles. The summed E-state index contributed by atoms with van der Waals surface area (Å²) in [6.45, 7) is 4.75. The number of aryl methyl sites for hydroxylation is 1. The van der Waals surface area contributed by atoms with Crippen molar-refractivity contribution < 1.29 is 0 Å². The van der Waals surface area contributed by atoms with E-state index in [-0.39, 0.29) is 0 Å². The molecule has 78 valence electrons. The fourth-order valence-electron chi connectivity index (χ4n) is 2.79. The summed E-state index contributed by atoms with van der Waals surface area (Å²) < 4.78 is 1.92. The number of hydrogen-bond donors (Lipinski definition) is 0. The Bertz CT molecular complexity index is 303. The highest BCUT2D eigenvalue weighted by atomic mass is 15.2. The average molecular weight is 192 g/mol. The van der Waals surface area contributed by atoms with Crippen LogP contribution in [0.2, 0.25) is 0 Å². The zero-order chi connectivity index (χ0) is 10.1. The molecule has 1 heterocycles. The maximum Gasteiger partial charge on any atom is 0.0524 e. The van der Waals surface area contributed by atoms with Crippen LogP contribution in [0.4, 0.5) is 0 Å². The van der Waals surface area contributed by atoms with Gasteiger partial charge in [0.1, 0.15) is 0 Å². The van der Waals surface area contributed by atoms with Crippen LogP contribution in [0, 0.1) is 11.8 Å². The first-order chi connectivity index (χ1) is 6.66. The second-order valence-electron chi connectivity index (χ2n) is 4.95. The molecule has 0 aliphatic heterocycles. The van der Waals surface area contributed by atoms with E-state index in [1.54, 1.807) is 0 Å². The third-order valence-electron chi connectivity index (χ3n) is 3.58. The van der Waals surface area contributed by atoms with Gasteiger partial charge in [0.25, 0.3) is 0 Å². The molecule has 0 bridgehead atoms. The normalized spacial score (nSPS) is 33.2. The van der Waals surface area contributed by atoms with Gasteiger partial charge in [-0.05, 0) is 36.2 Å². The lowest BCUT2D eigenvalue weighted by Crippen LogP contribution is -2.19. The number of aromatic nitrogens is 2. The predicted molar refractivity (Wildman–Crippen MR) is 58.1 cm³/mol. The van der Waals surface area contributed by atoms with Crippen molar-refractivity contribution in [3.05, 3.63) is 18.0 Å². The summed E-state index contributed by atoms with van der Waals surface area (Å²) in [5.41, 5.74) is 1.44. The molecular weight excluding hydrogens is 172 g/mol. The van der Waals surface area contributed by atoms with Crippen molar-refractivity contribution in [2.45, 2.75) is 39.0 Å². The molecule has 1 fully saturated rings. The predicted octanol–water partition coefficient (Wildman–Crippen LogP) is 2.96. The second kappa shape index (κ2) is 3.76. The first kappa shape index (κ1) is 9.75. The maximum absolute atomic E-state index is 4.26. The molecule has 0 N–H and O–H groups in total. The standard InChI is InChI=1S/C12H20N2/c1-9-4-5-12(10(2)6-9)11-7-13-14(3)8-11/h7-10,12H,4-6H2,1-3H3. The molecule has 2 nitrogen and oxygen atoms in total. The number of hydrogen-bond acceptors (Lipinski definition) is 1. The Morgan fingerprint density at radius 3 is 2.71 bits per heavy atom. The summed E-state index contributed by atoms with van der Waals surface area (Å²) in [5.74, 6) is 2.49. The third kappa shape index (κ3) is 1.84. The van der Waals surface area contributed by atoms with E-state index in [1.807, 2.05) is 17.9 Å². The number of nitrogens with zero attached hydrogens (tertiary/aromatic N) is 2. The zero-order valence-electron chi connectivity index (χ0n) is 9.40. The van der Waals surface area contributed by atoms with Crippen LogP contribution in [0.25, 0.3) is 0 Å². The van der Waals surface area contributed by atoms with Crippen molar-refractivity contribution in [1.29, 1.82) is 0 Å². The van der Waals surface area contributed by atoms with Crippen LogP contribution in [0.5, 0.6) is 0 Å². The van der Waals surface area contributed by atoms with Gasteiger partial charge in [-0.2, -0.15) is 5.10 Å². The van der Waals surface area contributed by atoms with Crippen LogP contribution in [0.1, 0.15) is 44.6 Å². The van der Waals surface area contributed by atoms with Crippen LogP contribution in [0.15, 0.2) is 12.4 Å². The van der Waals surface area contributed by atoms with Crippen LogP contribution in [-0.2, 0) is 7.05 Å². The average Bonchev–Trinajstić information content (AvgIpc) is 2.51. The summed E-state index contributed by atoms with van der Waals surface area (Å²) in [4.78, 5) is 0. The fraction of sp³-hybridized carbons (Fsp3) is 0.750. The Balaban J connectivity index is 2.11.